The fourth-order valence-corrected chi connectivity index (χ4v) is 2.13. The van der Waals surface area contributed by atoms with Gasteiger partial charge in [-0.1, -0.05) is 30.3 Å². The molecule has 1 saturated heterocycles. The Morgan fingerprint density at radius 2 is 1.65 bits per heavy atom. The van der Waals surface area contributed by atoms with E-state index < -0.39 is 5.97 Å². The summed E-state index contributed by atoms with van der Waals surface area (Å²) in [6.07, 6.45) is 0. The monoisotopic (exact) mass is 233 g/mol. The van der Waals surface area contributed by atoms with Crippen molar-refractivity contribution in [1.82, 2.24) is 9.80 Å². The molecular weight excluding hydrogens is 216 g/mol. The average Bonchev–Trinajstić information content (AvgIpc) is 2.32. The molecule has 0 bridgehead atoms. The number of hydrogen-bond donors (Lipinski definition) is 0. The summed E-state index contributed by atoms with van der Waals surface area (Å²) in [4.78, 5) is 14.7. The van der Waals surface area contributed by atoms with Gasteiger partial charge in [-0.3, -0.25) is 9.80 Å². The van der Waals surface area contributed by atoms with Gasteiger partial charge in [0.05, 0.1) is 5.97 Å². The van der Waals surface area contributed by atoms with Crippen LogP contribution in [0.1, 0.15) is 5.56 Å². The molecule has 1 fully saturated rings. The number of piperazine rings is 1. The molecule has 1 heterocycles. The molecule has 92 valence electrons. The molecule has 1 aliphatic heterocycles. The minimum Gasteiger partial charge on any atom is -0.549 e. The van der Waals surface area contributed by atoms with Crippen LogP contribution in [0.2, 0.25) is 0 Å². The summed E-state index contributed by atoms with van der Waals surface area (Å²) in [6, 6.07) is 10.3. The number of carbonyl (C=O) groups is 1. The lowest BCUT2D eigenvalue weighted by Crippen LogP contribution is -2.49. The zero-order valence-corrected chi connectivity index (χ0v) is 9.84. The fourth-order valence-electron chi connectivity index (χ4n) is 2.13. The van der Waals surface area contributed by atoms with Crippen molar-refractivity contribution in [2.24, 2.45) is 0 Å². The Morgan fingerprint density at radius 1 is 1.06 bits per heavy atom. The van der Waals surface area contributed by atoms with E-state index >= 15 is 0 Å². The zero-order valence-electron chi connectivity index (χ0n) is 9.84. The van der Waals surface area contributed by atoms with Crippen molar-refractivity contribution in [3.8, 4) is 0 Å². The molecule has 17 heavy (non-hydrogen) atoms. The third kappa shape index (κ3) is 3.84. The van der Waals surface area contributed by atoms with E-state index in [2.05, 4.69) is 17.0 Å². The Labute approximate surface area is 101 Å². The highest BCUT2D eigenvalue weighted by Crippen LogP contribution is 2.07. The lowest BCUT2D eigenvalue weighted by atomic mass is 10.2. The van der Waals surface area contributed by atoms with Gasteiger partial charge >= 0.3 is 0 Å². The first-order chi connectivity index (χ1) is 8.24. The summed E-state index contributed by atoms with van der Waals surface area (Å²) in [5.41, 5.74) is 1.31. The maximum absolute atomic E-state index is 10.5. The number of hydrogen-bond acceptors (Lipinski definition) is 4. The summed E-state index contributed by atoms with van der Waals surface area (Å²) < 4.78 is 0. The lowest BCUT2D eigenvalue weighted by Gasteiger charge is -2.34. The van der Waals surface area contributed by atoms with E-state index in [0.29, 0.717) is 0 Å². The van der Waals surface area contributed by atoms with Gasteiger partial charge in [0.15, 0.2) is 0 Å². The number of rotatable bonds is 4. The highest BCUT2D eigenvalue weighted by molar-refractivity contribution is 5.66. The Morgan fingerprint density at radius 3 is 2.24 bits per heavy atom. The van der Waals surface area contributed by atoms with E-state index in [1.165, 1.54) is 5.56 Å². The molecule has 0 aliphatic carbocycles. The van der Waals surface area contributed by atoms with Crippen molar-refractivity contribution in [3.63, 3.8) is 0 Å². The van der Waals surface area contributed by atoms with Crippen molar-refractivity contribution >= 4 is 5.97 Å². The number of benzene rings is 1. The summed E-state index contributed by atoms with van der Waals surface area (Å²) in [7, 11) is 0. The predicted octanol–water partition coefficient (Wildman–Crippen LogP) is -0.446. The first-order valence-electron chi connectivity index (χ1n) is 5.92. The van der Waals surface area contributed by atoms with E-state index in [-0.39, 0.29) is 6.54 Å². The number of aliphatic carboxylic acids is 1. The van der Waals surface area contributed by atoms with Gasteiger partial charge in [-0.25, -0.2) is 0 Å². The molecule has 2 rings (SSSR count). The molecule has 0 atom stereocenters. The van der Waals surface area contributed by atoms with Crippen LogP contribution in [0, 0.1) is 0 Å². The van der Waals surface area contributed by atoms with E-state index in [4.69, 9.17) is 0 Å². The SMILES string of the molecule is O=C([O-])CN1CCN(Cc2ccccc2)CC1. The Hall–Kier alpha value is -1.39. The van der Waals surface area contributed by atoms with E-state index in [1.807, 2.05) is 23.1 Å². The van der Waals surface area contributed by atoms with Gasteiger partial charge in [0, 0.05) is 39.3 Å². The van der Waals surface area contributed by atoms with Gasteiger partial charge in [0.1, 0.15) is 0 Å². The van der Waals surface area contributed by atoms with Crippen LogP contribution in [0.15, 0.2) is 30.3 Å². The second kappa shape index (κ2) is 5.80. The first-order valence-corrected chi connectivity index (χ1v) is 5.92. The fraction of sp³-hybridized carbons (Fsp3) is 0.462. The summed E-state index contributed by atoms with van der Waals surface area (Å²) in [6.45, 7) is 4.45. The molecule has 1 aromatic rings. The third-order valence-electron chi connectivity index (χ3n) is 3.07. The molecule has 4 nitrogen and oxygen atoms in total. The Kier molecular flexibility index (Phi) is 4.12. The van der Waals surface area contributed by atoms with Gasteiger partial charge in [0.25, 0.3) is 0 Å². The van der Waals surface area contributed by atoms with Crippen LogP contribution >= 0.6 is 0 Å². The molecule has 0 spiro atoms. The van der Waals surface area contributed by atoms with Crippen LogP contribution in [-0.4, -0.2) is 48.5 Å². The maximum atomic E-state index is 10.5. The largest absolute Gasteiger partial charge is 0.549 e. The molecule has 4 heteroatoms. The molecule has 0 amide bonds. The number of carboxylic acid groups (broad SMARTS) is 1. The molecule has 0 N–H and O–H groups in total. The molecule has 0 saturated carbocycles. The lowest BCUT2D eigenvalue weighted by molar-refractivity contribution is -0.306. The Bertz CT molecular complexity index is 359. The van der Waals surface area contributed by atoms with Gasteiger partial charge < -0.3 is 9.90 Å². The first kappa shape index (κ1) is 12.1. The molecule has 1 aliphatic rings. The van der Waals surface area contributed by atoms with Gasteiger partial charge in [0.2, 0.25) is 0 Å². The molecule has 0 aromatic heterocycles. The molecule has 1 aromatic carbocycles. The molecule has 0 unspecified atom stereocenters. The highest BCUT2D eigenvalue weighted by Gasteiger charge is 2.16. The van der Waals surface area contributed by atoms with Crippen LogP contribution in [-0.2, 0) is 11.3 Å². The topological polar surface area (TPSA) is 46.6 Å². The van der Waals surface area contributed by atoms with Crippen molar-refractivity contribution < 1.29 is 9.90 Å². The second-order valence-corrected chi connectivity index (χ2v) is 4.41. The number of carboxylic acids is 1. The van der Waals surface area contributed by atoms with Crippen LogP contribution in [0.4, 0.5) is 0 Å². The molecule has 0 radical (unpaired) electrons. The smallest absolute Gasteiger partial charge is 0.0555 e. The zero-order chi connectivity index (χ0) is 12.1. The normalized spacial score (nSPS) is 18.1. The Balaban J connectivity index is 1.78. The van der Waals surface area contributed by atoms with Crippen molar-refractivity contribution in [3.05, 3.63) is 35.9 Å². The van der Waals surface area contributed by atoms with Crippen LogP contribution in [0.3, 0.4) is 0 Å². The van der Waals surface area contributed by atoms with Crippen molar-refractivity contribution in [2.45, 2.75) is 6.54 Å². The summed E-state index contributed by atoms with van der Waals surface area (Å²) in [5, 5.41) is 10.5. The quantitative estimate of drug-likeness (QED) is 0.707. The predicted molar refractivity (Wildman–Crippen MR) is 63.2 cm³/mol. The van der Waals surface area contributed by atoms with E-state index in [0.717, 1.165) is 32.7 Å². The maximum Gasteiger partial charge on any atom is 0.0555 e. The minimum atomic E-state index is -0.985. The average molecular weight is 233 g/mol. The number of nitrogens with zero attached hydrogens (tertiary/aromatic N) is 2. The van der Waals surface area contributed by atoms with E-state index in [1.54, 1.807) is 0 Å². The van der Waals surface area contributed by atoms with Crippen LogP contribution < -0.4 is 5.11 Å². The van der Waals surface area contributed by atoms with Gasteiger partial charge in [-0.05, 0) is 5.56 Å². The molecular formula is C13H17N2O2-. The standard InChI is InChI=1S/C13H18N2O2/c16-13(17)11-15-8-6-14(7-9-15)10-12-4-2-1-3-5-12/h1-5H,6-11H2,(H,16,17)/p-1. The van der Waals surface area contributed by atoms with Gasteiger partial charge in [-0.15, -0.1) is 0 Å². The summed E-state index contributed by atoms with van der Waals surface area (Å²) >= 11 is 0. The van der Waals surface area contributed by atoms with Crippen LogP contribution in [0.5, 0.6) is 0 Å². The minimum absolute atomic E-state index is 0.0547. The third-order valence-corrected chi connectivity index (χ3v) is 3.07. The second-order valence-electron chi connectivity index (χ2n) is 4.41. The van der Waals surface area contributed by atoms with Crippen molar-refractivity contribution in [2.75, 3.05) is 32.7 Å². The highest BCUT2D eigenvalue weighted by atomic mass is 16.4. The van der Waals surface area contributed by atoms with Crippen molar-refractivity contribution in [1.29, 1.82) is 0 Å². The summed E-state index contributed by atoms with van der Waals surface area (Å²) in [5.74, 6) is -0.985. The van der Waals surface area contributed by atoms with Gasteiger partial charge in [-0.2, -0.15) is 0 Å². The number of carbonyl (C=O) groups excluding carboxylic acids is 1. The van der Waals surface area contributed by atoms with Crippen LogP contribution in [0.25, 0.3) is 0 Å². The van der Waals surface area contributed by atoms with E-state index in [9.17, 15) is 9.90 Å².